The summed E-state index contributed by atoms with van der Waals surface area (Å²) < 4.78 is 24.0. The van der Waals surface area contributed by atoms with Crippen molar-refractivity contribution in [2.24, 2.45) is 0 Å². The number of hydrogen-bond donors (Lipinski definition) is 2. The van der Waals surface area contributed by atoms with Crippen LogP contribution in [0.3, 0.4) is 0 Å². The molecule has 0 aliphatic carbocycles. The Balaban J connectivity index is -0.0000000133. The first-order valence-electron chi connectivity index (χ1n) is 0.698. The van der Waals surface area contributed by atoms with E-state index in [0.717, 1.165) is 0 Å². The van der Waals surface area contributed by atoms with Crippen LogP contribution in [-0.2, 0) is 42.6 Å². The Hall–Kier alpha value is 2.60. The maximum absolute atomic E-state index is 9.11. The van der Waals surface area contributed by atoms with E-state index in [1.807, 2.05) is 0 Å². The van der Waals surface area contributed by atoms with Gasteiger partial charge in [-0.1, -0.05) is 0 Å². The molecule has 0 aromatic carbocycles. The van der Waals surface area contributed by atoms with E-state index in [0.29, 0.717) is 0 Å². The molecule has 7 heavy (non-hydrogen) atoms. The van der Waals surface area contributed by atoms with Crippen LogP contribution in [0, 0.1) is 0 Å². The molecule has 0 rings (SSSR count). The predicted molar refractivity (Wildman–Crippen MR) is 28.7 cm³/mol. The summed E-state index contributed by atoms with van der Waals surface area (Å²) in [6, 6.07) is 0. The van der Waals surface area contributed by atoms with Crippen molar-refractivity contribution in [3.05, 3.63) is 0 Å². The van der Waals surface area contributed by atoms with E-state index in [4.69, 9.17) is 13.3 Å². The molecular formula is H4AgBaO3S2. The molecule has 0 atom stereocenters. The third-order valence-corrected chi connectivity index (χ3v) is 0. The van der Waals surface area contributed by atoms with E-state index in [1.54, 1.807) is 0 Å². The van der Waals surface area contributed by atoms with Crippen molar-refractivity contribution >= 4 is 69.1 Å². The maximum Gasteiger partial charge on any atom is 2.00 e. The molecule has 1 radical (unpaired) electrons. The molecule has 7 heteroatoms. The van der Waals surface area contributed by atoms with Gasteiger partial charge in [0.05, 0.1) is 0 Å². The molecule has 0 saturated heterocycles. The molecular weight excluding hydrogens is 357 g/mol. The smallest absolute Gasteiger partial charge is 1.00 e. The number of rotatable bonds is 0. The Bertz CT molecular complexity index is 103. The van der Waals surface area contributed by atoms with Crippen molar-refractivity contribution in [2.75, 3.05) is 0 Å². The van der Waals surface area contributed by atoms with Crippen LogP contribution in [0.15, 0.2) is 0 Å². The minimum Gasteiger partial charge on any atom is -1.00 e. The molecule has 0 fully saturated rings. The van der Waals surface area contributed by atoms with Crippen LogP contribution in [0.4, 0.5) is 0 Å². The van der Waals surface area contributed by atoms with Gasteiger partial charge in [-0.3, -0.25) is 9.11 Å². The topological polar surface area (TPSA) is 57.5 Å². The molecule has 0 spiro atoms. The molecule has 0 unspecified atom stereocenters. The molecule has 0 heterocycles. The summed E-state index contributed by atoms with van der Waals surface area (Å²) in [5, 5.41) is 0. The molecule has 0 aliphatic rings. The van der Waals surface area contributed by atoms with Crippen molar-refractivity contribution in [3.63, 3.8) is 0 Å². The Morgan fingerprint density at radius 3 is 1.57 bits per heavy atom. The zero-order valence-corrected chi connectivity index (χ0v) is 10.7. The second kappa shape index (κ2) is 6.72. The maximum atomic E-state index is 9.11. The normalized spacial score (nSPS) is 8.29. The van der Waals surface area contributed by atoms with Gasteiger partial charge in [0.15, 0.2) is 0 Å². The second-order valence-corrected chi connectivity index (χ2v) is 2.65. The molecule has 47 valence electrons. The first-order chi connectivity index (χ1) is 2.00. The summed E-state index contributed by atoms with van der Waals surface area (Å²) in [4.78, 5) is 0. The van der Waals surface area contributed by atoms with E-state index in [-0.39, 0.29) is 74.1 Å². The summed E-state index contributed by atoms with van der Waals surface area (Å²) in [6.45, 7) is 0. The van der Waals surface area contributed by atoms with Crippen molar-refractivity contribution < 1.29 is 38.5 Å². The van der Waals surface area contributed by atoms with Crippen LogP contribution in [0.25, 0.3) is 0 Å². The van der Waals surface area contributed by atoms with Gasteiger partial charge >= 0.3 is 48.9 Å². The van der Waals surface area contributed by atoms with Crippen molar-refractivity contribution in [2.45, 2.75) is 0 Å². The fraction of sp³-hybridized carbons (Fsp3) is 0. The molecule has 0 aromatic rings. The summed E-state index contributed by atoms with van der Waals surface area (Å²) >= 11 is 3.47. The van der Waals surface area contributed by atoms with E-state index < -0.39 is 9.05 Å². The average molecular weight is 361 g/mol. The standard InChI is InChI=1S/Ag.Ba.H2O3S2.2H/c;;1-5(2,3)4;;/h;;(H2,1,2,3,4);;/q;+2;;2*-1. The SMILES string of the molecule is O=S(O)(O)=S.[Ag].[Ba+2].[H-].[H-]. The van der Waals surface area contributed by atoms with Crippen LogP contribution in [0.2, 0.25) is 0 Å². The fourth-order valence-electron chi connectivity index (χ4n) is 0. The Morgan fingerprint density at radius 1 is 1.57 bits per heavy atom. The third-order valence-electron chi connectivity index (χ3n) is 0. The second-order valence-electron chi connectivity index (χ2n) is 0.448. The summed E-state index contributed by atoms with van der Waals surface area (Å²) in [5.41, 5.74) is 0. The molecule has 0 aliphatic heterocycles. The molecule has 0 saturated carbocycles. The van der Waals surface area contributed by atoms with Gasteiger partial charge in [-0.05, 0) is 0 Å². The summed E-state index contributed by atoms with van der Waals surface area (Å²) in [6.07, 6.45) is 0. The predicted octanol–water partition coefficient (Wildman–Crippen LogP) is -0.480. The minimum absolute atomic E-state index is 0. The van der Waals surface area contributed by atoms with E-state index in [2.05, 4.69) is 11.2 Å². The van der Waals surface area contributed by atoms with Gasteiger partial charge in [0, 0.05) is 33.6 Å². The van der Waals surface area contributed by atoms with Crippen LogP contribution in [-0.4, -0.2) is 62.2 Å². The van der Waals surface area contributed by atoms with Crippen LogP contribution < -0.4 is 0 Å². The molecule has 0 amide bonds. The fourth-order valence-corrected chi connectivity index (χ4v) is 0. The van der Waals surface area contributed by atoms with Crippen LogP contribution >= 0.6 is 0 Å². The summed E-state index contributed by atoms with van der Waals surface area (Å²) in [5.74, 6) is 0. The zero-order chi connectivity index (χ0) is 4.50. The van der Waals surface area contributed by atoms with E-state index >= 15 is 0 Å². The Labute approximate surface area is 106 Å². The van der Waals surface area contributed by atoms with Gasteiger partial charge in [-0.15, -0.1) is 0 Å². The average Bonchev–Trinajstić information content (AvgIpc) is 0.722. The number of hydrogen-bond acceptors (Lipinski definition) is 2. The molecule has 0 bridgehead atoms. The van der Waals surface area contributed by atoms with E-state index in [1.165, 1.54) is 0 Å². The Kier molecular flexibility index (Phi) is 15.6. The molecule has 3 nitrogen and oxygen atoms in total. The molecule has 0 aromatic heterocycles. The Morgan fingerprint density at radius 2 is 1.57 bits per heavy atom. The zero-order valence-electron chi connectivity index (χ0n) is 5.13. The van der Waals surface area contributed by atoms with Gasteiger partial charge in [-0.25, -0.2) is 0 Å². The van der Waals surface area contributed by atoms with Crippen molar-refractivity contribution in [1.82, 2.24) is 0 Å². The van der Waals surface area contributed by atoms with Crippen molar-refractivity contribution in [3.8, 4) is 0 Å². The van der Waals surface area contributed by atoms with Gasteiger partial charge < -0.3 is 2.85 Å². The van der Waals surface area contributed by atoms with Gasteiger partial charge in [0.25, 0.3) is 9.05 Å². The third kappa shape index (κ3) is 55.4. The van der Waals surface area contributed by atoms with Gasteiger partial charge in [0.2, 0.25) is 0 Å². The van der Waals surface area contributed by atoms with Crippen molar-refractivity contribution in [1.29, 1.82) is 0 Å². The molecule has 2 N–H and O–H groups in total. The first kappa shape index (κ1) is 16.3. The minimum atomic E-state index is -3.83. The van der Waals surface area contributed by atoms with Crippen LogP contribution in [0.5, 0.6) is 0 Å². The quantitative estimate of drug-likeness (QED) is 0.573. The van der Waals surface area contributed by atoms with Gasteiger partial charge in [0.1, 0.15) is 0 Å². The monoisotopic (exact) mass is 361 g/mol. The van der Waals surface area contributed by atoms with E-state index in [9.17, 15) is 0 Å². The summed E-state index contributed by atoms with van der Waals surface area (Å²) in [7, 11) is -3.83. The first-order valence-corrected chi connectivity index (χ1v) is 3.10. The largest absolute Gasteiger partial charge is 2.00 e. The van der Waals surface area contributed by atoms with Crippen LogP contribution in [0.1, 0.15) is 2.85 Å². The van der Waals surface area contributed by atoms with Gasteiger partial charge in [-0.2, -0.15) is 4.21 Å².